The van der Waals surface area contributed by atoms with Crippen molar-refractivity contribution < 1.29 is 14.1 Å². The Hall–Kier alpha value is -1.93. The van der Waals surface area contributed by atoms with Crippen LogP contribution in [0.2, 0.25) is 0 Å². The number of aromatic nitrogens is 1. The maximum absolute atomic E-state index is 11.7. The fraction of sp³-hybridized carbons (Fsp3) is 0.583. The maximum Gasteiger partial charge on any atom is 0.287 e. The molecular weight excluding hydrogens is 262 g/mol. The molecule has 0 aromatic carbocycles. The van der Waals surface area contributed by atoms with Gasteiger partial charge in [-0.2, -0.15) is 0 Å². The van der Waals surface area contributed by atoms with E-state index in [4.69, 9.17) is 10.4 Å². The highest BCUT2D eigenvalue weighted by Crippen LogP contribution is 2.07. The molecule has 1 aromatic rings. The monoisotopic (exact) mass is 283 g/mol. The molecule has 0 fully saturated rings. The van der Waals surface area contributed by atoms with Crippen LogP contribution in [-0.4, -0.2) is 41.0 Å². The van der Waals surface area contributed by atoms with Gasteiger partial charge in [-0.3, -0.25) is 19.9 Å². The predicted octanol–water partition coefficient (Wildman–Crippen LogP) is -0.375. The Labute approximate surface area is 117 Å². The quantitative estimate of drug-likeness (QED) is 0.357. The summed E-state index contributed by atoms with van der Waals surface area (Å²) >= 11 is 0. The molecular formula is C12H21N5O3. The molecule has 1 heterocycles. The topological polar surface area (TPSA) is 113 Å². The van der Waals surface area contributed by atoms with Gasteiger partial charge >= 0.3 is 0 Å². The number of nitrogens with zero attached hydrogens (tertiary/aromatic N) is 2. The first-order valence-corrected chi connectivity index (χ1v) is 6.44. The van der Waals surface area contributed by atoms with Crippen molar-refractivity contribution in [3.63, 3.8) is 0 Å². The lowest BCUT2D eigenvalue weighted by Gasteiger charge is -2.19. The maximum atomic E-state index is 11.7. The van der Waals surface area contributed by atoms with Gasteiger partial charge in [-0.05, 0) is 20.4 Å². The van der Waals surface area contributed by atoms with Crippen LogP contribution in [0.4, 0.5) is 0 Å². The Morgan fingerprint density at radius 3 is 2.75 bits per heavy atom. The summed E-state index contributed by atoms with van der Waals surface area (Å²) in [5.74, 6) is 4.94. The Balaban J connectivity index is 2.57. The molecule has 0 aliphatic carbocycles. The number of likely N-dealkylation sites (N-methyl/N-ethyl adjacent to an activating group) is 1. The molecule has 0 saturated carbocycles. The van der Waals surface area contributed by atoms with Crippen LogP contribution in [0, 0.1) is 0 Å². The SMILES string of the molecule is CCN(CC(=O)NC(C)C)Cc1cc(C(=O)NN)no1. The van der Waals surface area contributed by atoms with Crippen molar-refractivity contribution in [1.29, 1.82) is 0 Å². The average Bonchev–Trinajstić information content (AvgIpc) is 2.84. The Bertz CT molecular complexity index is 458. The molecule has 0 saturated heterocycles. The van der Waals surface area contributed by atoms with Gasteiger partial charge in [0.1, 0.15) is 0 Å². The van der Waals surface area contributed by atoms with Gasteiger partial charge in [0.15, 0.2) is 11.5 Å². The Morgan fingerprint density at radius 2 is 2.20 bits per heavy atom. The zero-order valence-electron chi connectivity index (χ0n) is 12.0. The zero-order chi connectivity index (χ0) is 15.1. The molecule has 0 unspecified atom stereocenters. The van der Waals surface area contributed by atoms with E-state index in [2.05, 4.69) is 10.5 Å². The summed E-state index contributed by atoms with van der Waals surface area (Å²) in [6, 6.07) is 1.61. The number of rotatable bonds is 7. The fourth-order valence-electron chi connectivity index (χ4n) is 1.64. The van der Waals surface area contributed by atoms with Crippen molar-refractivity contribution in [1.82, 2.24) is 20.8 Å². The summed E-state index contributed by atoms with van der Waals surface area (Å²) in [5.41, 5.74) is 2.09. The van der Waals surface area contributed by atoms with Crippen LogP contribution in [0.15, 0.2) is 10.6 Å². The number of hydrogen-bond acceptors (Lipinski definition) is 6. The molecule has 1 rings (SSSR count). The van der Waals surface area contributed by atoms with Crippen LogP contribution in [-0.2, 0) is 11.3 Å². The third-order valence-corrected chi connectivity index (χ3v) is 2.57. The van der Waals surface area contributed by atoms with Gasteiger partial charge in [0, 0.05) is 12.1 Å². The zero-order valence-corrected chi connectivity index (χ0v) is 12.0. The van der Waals surface area contributed by atoms with Crippen LogP contribution >= 0.6 is 0 Å². The molecule has 112 valence electrons. The fourth-order valence-corrected chi connectivity index (χ4v) is 1.64. The van der Waals surface area contributed by atoms with Gasteiger partial charge in [-0.25, -0.2) is 5.84 Å². The lowest BCUT2D eigenvalue weighted by molar-refractivity contribution is -0.122. The molecule has 0 bridgehead atoms. The van der Waals surface area contributed by atoms with E-state index in [1.807, 2.05) is 31.1 Å². The number of nitrogens with two attached hydrogens (primary N) is 1. The van der Waals surface area contributed by atoms with Crippen LogP contribution in [0.5, 0.6) is 0 Å². The second kappa shape index (κ2) is 7.61. The van der Waals surface area contributed by atoms with Crippen molar-refractivity contribution in [2.45, 2.75) is 33.4 Å². The highest BCUT2D eigenvalue weighted by molar-refractivity contribution is 5.91. The number of carbonyl (C=O) groups excluding carboxylic acids is 2. The highest BCUT2D eigenvalue weighted by atomic mass is 16.5. The Kier molecular flexibility index (Phi) is 6.13. The lowest BCUT2D eigenvalue weighted by atomic mass is 10.3. The van der Waals surface area contributed by atoms with Crippen molar-refractivity contribution in [3.05, 3.63) is 17.5 Å². The van der Waals surface area contributed by atoms with Crippen LogP contribution < -0.4 is 16.6 Å². The molecule has 20 heavy (non-hydrogen) atoms. The molecule has 4 N–H and O–H groups in total. The number of hydrazine groups is 1. The summed E-state index contributed by atoms with van der Waals surface area (Å²) in [4.78, 5) is 24.8. The van der Waals surface area contributed by atoms with Gasteiger partial charge in [-0.15, -0.1) is 0 Å². The second-order valence-electron chi connectivity index (χ2n) is 4.68. The lowest BCUT2D eigenvalue weighted by Crippen LogP contribution is -2.39. The first-order valence-electron chi connectivity index (χ1n) is 6.44. The highest BCUT2D eigenvalue weighted by Gasteiger charge is 2.15. The van der Waals surface area contributed by atoms with E-state index in [9.17, 15) is 9.59 Å². The van der Waals surface area contributed by atoms with Crippen LogP contribution in [0.25, 0.3) is 0 Å². The van der Waals surface area contributed by atoms with Crippen LogP contribution in [0.3, 0.4) is 0 Å². The minimum atomic E-state index is -0.513. The standard InChI is InChI=1S/C12H21N5O3/c1-4-17(7-11(18)14-8(2)3)6-9-5-10(16-20-9)12(19)15-13/h5,8H,4,6-7,13H2,1-3H3,(H,14,18)(H,15,19). The number of hydrogen-bond donors (Lipinski definition) is 3. The smallest absolute Gasteiger partial charge is 0.287 e. The predicted molar refractivity (Wildman–Crippen MR) is 72.4 cm³/mol. The van der Waals surface area contributed by atoms with E-state index in [0.29, 0.717) is 18.8 Å². The molecule has 8 nitrogen and oxygen atoms in total. The molecule has 0 aliphatic heterocycles. The molecule has 0 atom stereocenters. The first kappa shape index (κ1) is 16.1. The van der Waals surface area contributed by atoms with Gasteiger partial charge < -0.3 is 9.84 Å². The molecule has 0 radical (unpaired) electrons. The van der Waals surface area contributed by atoms with Gasteiger partial charge in [-0.1, -0.05) is 12.1 Å². The van der Waals surface area contributed by atoms with E-state index >= 15 is 0 Å². The third kappa shape index (κ3) is 4.98. The van der Waals surface area contributed by atoms with Crippen molar-refractivity contribution in [2.24, 2.45) is 5.84 Å². The van der Waals surface area contributed by atoms with Crippen molar-refractivity contribution in [2.75, 3.05) is 13.1 Å². The van der Waals surface area contributed by atoms with Crippen molar-refractivity contribution >= 4 is 11.8 Å². The molecule has 0 spiro atoms. The number of carbonyl (C=O) groups is 2. The molecule has 2 amide bonds. The average molecular weight is 283 g/mol. The van der Waals surface area contributed by atoms with E-state index < -0.39 is 5.91 Å². The largest absolute Gasteiger partial charge is 0.359 e. The van der Waals surface area contributed by atoms with E-state index in [1.165, 1.54) is 6.07 Å². The minimum absolute atomic E-state index is 0.0544. The van der Waals surface area contributed by atoms with Gasteiger partial charge in [0.2, 0.25) is 5.91 Å². The Morgan fingerprint density at radius 1 is 1.50 bits per heavy atom. The van der Waals surface area contributed by atoms with Crippen molar-refractivity contribution in [3.8, 4) is 0 Å². The first-order chi connectivity index (χ1) is 9.46. The third-order valence-electron chi connectivity index (χ3n) is 2.57. The summed E-state index contributed by atoms with van der Waals surface area (Å²) < 4.78 is 5.04. The van der Waals surface area contributed by atoms with E-state index in [-0.39, 0.29) is 24.2 Å². The normalized spacial score (nSPS) is 10.9. The summed E-state index contributed by atoms with van der Waals surface area (Å²) in [6.07, 6.45) is 0. The summed E-state index contributed by atoms with van der Waals surface area (Å²) in [7, 11) is 0. The number of nitrogen functional groups attached to an aromatic ring is 1. The van der Waals surface area contributed by atoms with Gasteiger partial charge in [0.05, 0.1) is 13.1 Å². The number of nitrogens with one attached hydrogen (secondary N) is 2. The second-order valence-corrected chi connectivity index (χ2v) is 4.68. The summed E-state index contributed by atoms with van der Waals surface area (Å²) in [5, 5.41) is 6.43. The summed E-state index contributed by atoms with van der Waals surface area (Å²) in [6.45, 7) is 7.07. The minimum Gasteiger partial charge on any atom is -0.359 e. The molecule has 8 heteroatoms. The molecule has 0 aliphatic rings. The van der Waals surface area contributed by atoms with Gasteiger partial charge in [0.25, 0.3) is 5.91 Å². The van der Waals surface area contributed by atoms with Crippen LogP contribution in [0.1, 0.15) is 37.0 Å². The van der Waals surface area contributed by atoms with E-state index in [0.717, 1.165) is 0 Å². The molecule has 1 aromatic heterocycles. The van der Waals surface area contributed by atoms with E-state index in [1.54, 1.807) is 0 Å². The number of amides is 2.